The second kappa shape index (κ2) is 4.40. The fourth-order valence-electron chi connectivity index (χ4n) is 2.45. The van der Waals surface area contributed by atoms with E-state index in [9.17, 15) is 5.11 Å². The molecule has 1 fully saturated rings. The van der Waals surface area contributed by atoms with Crippen molar-refractivity contribution >= 4 is 5.57 Å². The quantitative estimate of drug-likeness (QED) is 0.798. The molecule has 0 aromatic heterocycles. The monoisotopic (exact) mass is 217 g/mol. The van der Waals surface area contributed by atoms with Crippen LogP contribution in [-0.4, -0.2) is 16.7 Å². The fourth-order valence-corrected chi connectivity index (χ4v) is 2.45. The molecule has 0 amide bonds. The molecular weight excluding hydrogens is 198 g/mol. The van der Waals surface area contributed by atoms with E-state index in [0.717, 1.165) is 36.8 Å². The molecule has 2 nitrogen and oxygen atoms in total. The Kier molecular flexibility index (Phi) is 3.13. The van der Waals surface area contributed by atoms with Crippen LogP contribution >= 0.6 is 0 Å². The van der Waals surface area contributed by atoms with E-state index in [1.54, 1.807) is 0 Å². The Labute approximate surface area is 96.8 Å². The van der Waals surface area contributed by atoms with E-state index in [4.69, 9.17) is 5.73 Å². The Hall–Kier alpha value is -1.12. The van der Waals surface area contributed by atoms with Crippen molar-refractivity contribution in [2.75, 3.05) is 0 Å². The first-order chi connectivity index (χ1) is 7.64. The van der Waals surface area contributed by atoms with Gasteiger partial charge in [-0.15, -0.1) is 0 Å². The third kappa shape index (κ3) is 1.91. The van der Waals surface area contributed by atoms with E-state index in [0.29, 0.717) is 0 Å². The lowest BCUT2D eigenvalue weighted by Gasteiger charge is -2.39. The maximum Gasteiger partial charge on any atom is 0.105 e. The van der Waals surface area contributed by atoms with Crippen LogP contribution < -0.4 is 5.73 Å². The molecule has 0 heterocycles. The number of benzene rings is 1. The van der Waals surface area contributed by atoms with Gasteiger partial charge in [-0.1, -0.05) is 49.8 Å². The highest BCUT2D eigenvalue weighted by Gasteiger charge is 2.39. The molecule has 1 aromatic rings. The summed E-state index contributed by atoms with van der Waals surface area (Å²) in [5, 5.41) is 10.6. The van der Waals surface area contributed by atoms with Crippen molar-refractivity contribution in [2.45, 2.75) is 37.3 Å². The molecule has 2 heteroatoms. The number of hydrogen-bond donors (Lipinski definition) is 2. The van der Waals surface area contributed by atoms with Crippen molar-refractivity contribution in [1.29, 1.82) is 0 Å². The van der Waals surface area contributed by atoms with Crippen LogP contribution in [0.3, 0.4) is 0 Å². The first-order valence-electron chi connectivity index (χ1n) is 5.87. The van der Waals surface area contributed by atoms with Crippen molar-refractivity contribution in [1.82, 2.24) is 0 Å². The number of hydrogen-bond acceptors (Lipinski definition) is 2. The first kappa shape index (κ1) is 11.4. The predicted molar refractivity (Wildman–Crippen MR) is 66.9 cm³/mol. The second-order valence-electron chi connectivity index (χ2n) is 4.62. The Morgan fingerprint density at radius 2 is 2.00 bits per heavy atom. The molecule has 2 rings (SSSR count). The molecule has 0 saturated heterocycles. The molecule has 2 atom stereocenters. The highest BCUT2D eigenvalue weighted by molar-refractivity contribution is 5.71. The van der Waals surface area contributed by atoms with Gasteiger partial charge in [0.25, 0.3) is 0 Å². The van der Waals surface area contributed by atoms with Gasteiger partial charge in [-0.2, -0.15) is 0 Å². The zero-order valence-corrected chi connectivity index (χ0v) is 9.52. The lowest BCUT2D eigenvalue weighted by atomic mass is 9.74. The standard InChI is InChI=1S/C14H19NO/c1-11(12-7-3-2-4-8-12)14(16)10-6-5-9-13(14)15/h2-4,7-8,13,16H,1,5-6,9-10,15H2. The summed E-state index contributed by atoms with van der Waals surface area (Å²) in [6.07, 6.45) is 3.73. The molecule has 16 heavy (non-hydrogen) atoms. The molecule has 86 valence electrons. The highest BCUT2D eigenvalue weighted by Crippen LogP contribution is 2.37. The van der Waals surface area contributed by atoms with Crippen LogP contribution in [0.25, 0.3) is 5.57 Å². The van der Waals surface area contributed by atoms with Crippen molar-refractivity contribution in [2.24, 2.45) is 5.73 Å². The summed E-state index contributed by atoms with van der Waals surface area (Å²) in [5.74, 6) is 0. The van der Waals surface area contributed by atoms with Crippen LogP contribution in [-0.2, 0) is 0 Å². The van der Waals surface area contributed by atoms with Gasteiger partial charge in [-0.25, -0.2) is 0 Å². The molecule has 0 bridgehead atoms. The van der Waals surface area contributed by atoms with Crippen LogP contribution in [0.1, 0.15) is 31.2 Å². The van der Waals surface area contributed by atoms with Crippen LogP contribution in [0.15, 0.2) is 36.9 Å². The Morgan fingerprint density at radius 1 is 1.31 bits per heavy atom. The van der Waals surface area contributed by atoms with Gasteiger partial charge in [-0.05, 0) is 24.0 Å². The lowest BCUT2D eigenvalue weighted by molar-refractivity contribution is 0.0416. The SMILES string of the molecule is C=C(c1ccccc1)C1(O)CCCCC1N. The summed E-state index contributed by atoms with van der Waals surface area (Å²) in [4.78, 5) is 0. The number of aliphatic hydroxyl groups is 1. The summed E-state index contributed by atoms with van der Waals surface area (Å²) in [7, 11) is 0. The van der Waals surface area contributed by atoms with Gasteiger partial charge >= 0.3 is 0 Å². The van der Waals surface area contributed by atoms with Gasteiger partial charge in [0, 0.05) is 6.04 Å². The van der Waals surface area contributed by atoms with Crippen LogP contribution in [0.5, 0.6) is 0 Å². The van der Waals surface area contributed by atoms with Crippen molar-refractivity contribution in [3.05, 3.63) is 42.5 Å². The van der Waals surface area contributed by atoms with Gasteiger partial charge in [0.1, 0.15) is 5.60 Å². The second-order valence-corrected chi connectivity index (χ2v) is 4.62. The van der Waals surface area contributed by atoms with Crippen molar-refractivity contribution in [3.63, 3.8) is 0 Å². The highest BCUT2D eigenvalue weighted by atomic mass is 16.3. The van der Waals surface area contributed by atoms with Crippen molar-refractivity contribution < 1.29 is 5.11 Å². The predicted octanol–water partition coefficient (Wildman–Crippen LogP) is 2.33. The number of rotatable bonds is 2. The summed E-state index contributed by atoms with van der Waals surface area (Å²) < 4.78 is 0. The fraction of sp³-hybridized carbons (Fsp3) is 0.429. The Morgan fingerprint density at radius 3 is 2.62 bits per heavy atom. The molecule has 1 saturated carbocycles. The summed E-state index contributed by atoms with van der Waals surface area (Å²) in [6, 6.07) is 9.63. The zero-order chi connectivity index (χ0) is 11.6. The van der Waals surface area contributed by atoms with E-state index in [-0.39, 0.29) is 6.04 Å². The van der Waals surface area contributed by atoms with E-state index in [2.05, 4.69) is 6.58 Å². The normalized spacial score (nSPS) is 30.0. The molecule has 0 aliphatic heterocycles. The molecule has 1 aliphatic rings. The minimum Gasteiger partial charge on any atom is -0.384 e. The average Bonchev–Trinajstić information content (AvgIpc) is 2.33. The van der Waals surface area contributed by atoms with Crippen LogP contribution in [0.2, 0.25) is 0 Å². The van der Waals surface area contributed by atoms with Gasteiger partial charge in [0.2, 0.25) is 0 Å². The first-order valence-corrected chi connectivity index (χ1v) is 5.87. The smallest absolute Gasteiger partial charge is 0.105 e. The van der Waals surface area contributed by atoms with Crippen LogP contribution in [0, 0.1) is 0 Å². The maximum atomic E-state index is 10.6. The van der Waals surface area contributed by atoms with E-state index in [1.807, 2.05) is 30.3 Å². The topological polar surface area (TPSA) is 46.2 Å². The Bertz CT molecular complexity index is 374. The molecule has 1 aromatic carbocycles. The molecule has 3 N–H and O–H groups in total. The maximum absolute atomic E-state index is 10.6. The third-order valence-corrected chi connectivity index (χ3v) is 3.58. The number of nitrogens with two attached hydrogens (primary N) is 1. The van der Waals surface area contributed by atoms with Crippen LogP contribution in [0.4, 0.5) is 0 Å². The summed E-state index contributed by atoms with van der Waals surface area (Å²) in [5.41, 5.74) is 6.88. The Balaban J connectivity index is 2.26. The minimum absolute atomic E-state index is 0.186. The molecule has 0 radical (unpaired) electrons. The van der Waals surface area contributed by atoms with Crippen molar-refractivity contribution in [3.8, 4) is 0 Å². The van der Waals surface area contributed by atoms with E-state index >= 15 is 0 Å². The van der Waals surface area contributed by atoms with E-state index < -0.39 is 5.60 Å². The van der Waals surface area contributed by atoms with Gasteiger partial charge < -0.3 is 10.8 Å². The van der Waals surface area contributed by atoms with Gasteiger partial charge in [0.05, 0.1) is 0 Å². The third-order valence-electron chi connectivity index (χ3n) is 3.58. The molecule has 1 aliphatic carbocycles. The lowest BCUT2D eigenvalue weighted by Crippen LogP contribution is -2.50. The zero-order valence-electron chi connectivity index (χ0n) is 9.52. The summed E-state index contributed by atoms with van der Waals surface area (Å²) in [6.45, 7) is 4.04. The molecular formula is C14H19NO. The van der Waals surface area contributed by atoms with Gasteiger partial charge in [0.15, 0.2) is 0 Å². The largest absolute Gasteiger partial charge is 0.384 e. The van der Waals surface area contributed by atoms with E-state index in [1.165, 1.54) is 0 Å². The molecule has 0 spiro atoms. The van der Waals surface area contributed by atoms with Gasteiger partial charge in [-0.3, -0.25) is 0 Å². The average molecular weight is 217 g/mol. The molecule has 2 unspecified atom stereocenters. The summed E-state index contributed by atoms with van der Waals surface area (Å²) >= 11 is 0. The minimum atomic E-state index is -0.917.